The van der Waals surface area contributed by atoms with Gasteiger partial charge in [-0.25, -0.2) is 0 Å². The van der Waals surface area contributed by atoms with Gasteiger partial charge in [-0.3, -0.25) is 19.4 Å². The Balaban J connectivity index is 1.62. The van der Waals surface area contributed by atoms with Crippen molar-refractivity contribution in [3.05, 3.63) is 69.5 Å². The van der Waals surface area contributed by atoms with Crippen molar-refractivity contribution in [3.63, 3.8) is 0 Å². The molecule has 0 radical (unpaired) electrons. The van der Waals surface area contributed by atoms with Gasteiger partial charge in [0.1, 0.15) is 11.6 Å². The number of ether oxygens (including phenoxy) is 1. The van der Waals surface area contributed by atoms with Crippen LogP contribution in [-0.2, 0) is 9.59 Å². The fourth-order valence-corrected chi connectivity index (χ4v) is 3.74. The summed E-state index contributed by atoms with van der Waals surface area (Å²) in [5.74, 6) is -0.866. The topological polar surface area (TPSA) is 125 Å². The van der Waals surface area contributed by atoms with E-state index in [1.54, 1.807) is 31.4 Å². The molecule has 0 fully saturated rings. The van der Waals surface area contributed by atoms with Crippen LogP contribution in [0.3, 0.4) is 0 Å². The predicted octanol–water partition coefficient (Wildman–Crippen LogP) is 3.20. The van der Waals surface area contributed by atoms with Crippen LogP contribution in [0.2, 0.25) is 0 Å². The van der Waals surface area contributed by atoms with E-state index in [4.69, 9.17) is 4.74 Å². The lowest BCUT2D eigenvalue weighted by Gasteiger charge is -2.24. The largest absolute Gasteiger partial charge is 0.497 e. The number of nitrogens with one attached hydrogen (secondary N) is 4. The third-order valence-corrected chi connectivity index (χ3v) is 5.11. The van der Waals surface area contributed by atoms with Gasteiger partial charge in [-0.1, -0.05) is 6.07 Å². The summed E-state index contributed by atoms with van der Waals surface area (Å²) in [6, 6.07) is 12.7. The first-order valence-corrected chi connectivity index (χ1v) is 10.1. The molecule has 3 aromatic rings. The molecular weight excluding hydrogens is 410 g/mol. The van der Waals surface area contributed by atoms with E-state index in [-0.39, 0.29) is 29.7 Å². The highest BCUT2D eigenvalue weighted by molar-refractivity contribution is 6.04. The van der Waals surface area contributed by atoms with Gasteiger partial charge in [0.15, 0.2) is 0 Å². The monoisotopic (exact) mass is 433 g/mol. The van der Waals surface area contributed by atoms with Gasteiger partial charge >= 0.3 is 0 Å². The van der Waals surface area contributed by atoms with Crippen LogP contribution >= 0.6 is 0 Å². The molecule has 0 bridgehead atoms. The third kappa shape index (κ3) is 4.46. The van der Waals surface area contributed by atoms with Crippen molar-refractivity contribution in [3.8, 4) is 5.75 Å². The van der Waals surface area contributed by atoms with E-state index < -0.39 is 17.4 Å². The molecule has 1 atom stereocenters. The number of rotatable bonds is 5. The summed E-state index contributed by atoms with van der Waals surface area (Å²) in [7, 11) is 1.57. The molecular formula is C23H23N5O4. The second kappa shape index (κ2) is 8.54. The number of amides is 2. The molecule has 1 aliphatic rings. The highest BCUT2D eigenvalue weighted by Gasteiger charge is 2.34. The number of benzene rings is 2. The maximum atomic E-state index is 13.0. The molecule has 9 heteroatoms. The van der Waals surface area contributed by atoms with Gasteiger partial charge in [-0.15, -0.1) is 0 Å². The average Bonchev–Trinajstić information content (AvgIpc) is 2.72. The normalized spacial score (nSPS) is 14.8. The van der Waals surface area contributed by atoms with Crippen molar-refractivity contribution in [2.24, 2.45) is 0 Å². The van der Waals surface area contributed by atoms with Gasteiger partial charge in [0, 0.05) is 17.8 Å². The van der Waals surface area contributed by atoms with Gasteiger partial charge in [0.25, 0.3) is 5.56 Å². The van der Waals surface area contributed by atoms with Gasteiger partial charge in [0.2, 0.25) is 17.8 Å². The molecule has 1 unspecified atom stereocenters. The van der Waals surface area contributed by atoms with E-state index >= 15 is 0 Å². The second-order valence-electron chi connectivity index (χ2n) is 7.70. The molecule has 164 valence electrons. The van der Waals surface area contributed by atoms with Gasteiger partial charge in [0.05, 0.1) is 18.6 Å². The Morgan fingerprint density at radius 3 is 2.41 bits per heavy atom. The van der Waals surface area contributed by atoms with Crippen molar-refractivity contribution in [2.45, 2.75) is 26.2 Å². The van der Waals surface area contributed by atoms with Crippen LogP contribution < -0.4 is 26.2 Å². The predicted molar refractivity (Wildman–Crippen MR) is 122 cm³/mol. The minimum Gasteiger partial charge on any atom is -0.497 e. The summed E-state index contributed by atoms with van der Waals surface area (Å²) in [6.45, 7) is 3.86. The van der Waals surface area contributed by atoms with E-state index in [1.807, 2.05) is 32.0 Å². The number of aryl methyl sites for hydroxylation is 2. The van der Waals surface area contributed by atoms with Crippen LogP contribution in [0.5, 0.6) is 5.75 Å². The number of aromatic nitrogens is 2. The highest BCUT2D eigenvalue weighted by atomic mass is 16.5. The smallest absolute Gasteiger partial charge is 0.258 e. The van der Waals surface area contributed by atoms with Gasteiger partial charge in [-0.2, -0.15) is 4.98 Å². The first kappa shape index (κ1) is 21.1. The molecule has 0 aliphatic carbocycles. The summed E-state index contributed by atoms with van der Waals surface area (Å²) in [5, 5.41) is 8.41. The molecule has 2 aromatic carbocycles. The number of carbonyl (C=O) groups excluding carboxylic acids is 2. The Labute approximate surface area is 184 Å². The standard InChI is InChI=1S/C23H23N5O4/c1-12-8-13(2)10-15(9-12)24-21(30)17-11-18(29)26-20-19(17)22(31)28-23(27-20)25-14-4-6-16(32-3)7-5-14/h4-10,17H,11H2,1-3H3,(H,24,30)(H3,25,26,27,28,29,31). The van der Waals surface area contributed by atoms with Crippen molar-refractivity contribution in [1.82, 2.24) is 9.97 Å². The molecule has 0 saturated heterocycles. The zero-order valence-electron chi connectivity index (χ0n) is 17.9. The summed E-state index contributed by atoms with van der Waals surface area (Å²) in [5.41, 5.74) is 2.91. The lowest BCUT2D eigenvalue weighted by Crippen LogP contribution is -2.36. The molecule has 4 rings (SSSR count). The number of hydrogen-bond donors (Lipinski definition) is 4. The molecule has 2 amide bonds. The Hall–Kier alpha value is -4.14. The minimum atomic E-state index is -0.953. The SMILES string of the molecule is COc1ccc(Nc2nc3c(c(=O)[nH]2)C(C(=O)Nc2cc(C)cc(C)c2)CC(=O)N3)cc1. The maximum Gasteiger partial charge on any atom is 0.258 e. The van der Waals surface area contributed by atoms with Crippen molar-refractivity contribution >= 4 is 35.0 Å². The number of aromatic amines is 1. The molecule has 32 heavy (non-hydrogen) atoms. The first-order valence-electron chi connectivity index (χ1n) is 10.1. The Morgan fingerprint density at radius 2 is 1.75 bits per heavy atom. The van der Waals surface area contributed by atoms with Crippen LogP contribution in [0, 0.1) is 13.8 Å². The van der Waals surface area contributed by atoms with Crippen molar-refractivity contribution in [1.29, 1.82) is 0 Å². The van der Waals surface area contributed by atoms with Crippen LogP contribution in [0.1, 0.15) is 29.0 Å². The molecule has 0 spiro atoms. The summed E-state index contributed by atoms with van der Waals surface area (Å²) < 4.78 is 5.13. The number of methoxy groups -OCH3 is 1. The van der Waals surface area contributed by atoms with Crippen molar-refractivity contribution < 1.29 is 14.3 Å². The lowest BCUT2D eigenvalue weighted by atomic mass is 9.92. The fraction of sp³-hybridized carbons (Fsp3) is 0.217. The molecule has 1 aliphatic heterocycles. The quantitative estimate of drug-likeness (QED) is 0.490. The minimum absolute atomic E-state index is 0.0709. The highest BCUT2D eigenvalue weighted by Crippen LogP contribution is 2.30. The lowest BCUT2D eigenvalue weighted by molar-refractivity contribution is -0.123. The third-order valence-electron chi connectivity index (χ3n) is 5.11. The van der Waals surface area contributed by atoms with E-state index in [2.05, 4.69) is 25.9 Å². The molecule has 1 aromatic heterocycles. The Bertz CT molecular complexity index is 1230. The summed E-state index contributed by atoms with van der Waals surface area (Å²) in [4.78, 5) is 45.1. The summed E-state index contributed by atoms with van der Waals surface area (Å²) in [6.07, 6.45) is -0.139. The second-order valence-corrected chi connectivity index (χ2v) is 7.70. The Morgan fingerprint density at radius 1 is 1.06 bits per heavy atom. The first-order chi connectivity index (χ1) is 15.3. The summed E-state index contributed by atoms with van der Waals surface area (Å²) >= 11 is 0. The number of hydrogen-bond acceptors (Lipinski definition) is 6. The zero-order chi connectivity index (χ0) is 22.8. The molecule has 9 nitrogen and oxygen atoms in total. The van der Waals surface area contributed by atoms with Crippen LogP contribution in [-0.4, -0.2) is 28.9 Å². The Kier molecular flexibility index (Phi) is 5.63. The van der Waals surface area contributed by atoms with E-state index in [1.165, 1.54) is 0 Å². The van der Waals surface area contributed by atoms with E-state index in [0.717, 1.165) is 11.1 Å². The number of nitrogens with zero attached hydrogens (tertiary/aromatic N) is 1. The maximum absolute atomic E-state index is 13.0. The molecule has 2 heterocycles. The van der Waals surface area contributed by atoms with E-state index in [9.17, 15) is 14.4 Å². The van der Waals surface area contributed by atoms with Crippen LogP contribution in [0.15, 0.2) is 47.3 Å². The number of carbonyl (C=O) groups is 2. The van der Waals surface area contributed by atoms with Gasteiger partial charge < -0.3 is 20.7 Å². The zero-order valence-corrected chi connectivity index (χ0v) is 17.9. The van der Waals surface area contributed by atoms with Crippen LogP contribution in [0.4, 0.5) is 23.1 Å². The molecule has 0 saturated carbocycles. The van der Waals surface area contributed by atoms with E-state index in [0.29, 0.717) is 17.1 Å². The average molecular weight is 433 g/mol. The number of fused-ring (bicyclic) bond motifs is 1. The number of anilines is 4. The number of H-pyrrole nitrogens is 1. The fourth-order valence-electron chi connectivity index (χ4n) is 3.74. The molecule has 4 N–H and O–H groups in total. The van der Waals surface area contributed by atoms with Gasteiger partial charge in [-0.05, 0) is 61.4 Å². The van der Waals surface area contributed by atoms with Crippen LogP contribution in [0.25, 0.3) is 0 Å². The van der Waals surface area contributed by atoms with Crippen molar-refractivity contribution in [2.75, 3.05) is 23.1 Å².